The highest BCUT2D eigenvalue weighted by Gasteiger charge is 2.05. The Kier molecular flexibility index (Phi) is 2.79. The highest BCUT2D eigenvalue weighted by atomic mass is 79.9. The van der Waals surface area contributed by atoms with Crippen molar-refractivity contribution in [2.75, 3.05) is 7.11 Å². The van der Waals surface area contributed by atoms with Gasteiger partial charge in [0.15, 0.2) is 0 Å². The Bertz CT molecular complexity index is 273. The van der Waals surface area contributed by atoms with Crippen LogP contribution in [0.15, 0.2) is 16.6 Å². The van der Waals surface area contributed by atoms with Gasteiger partial charge >= 0.3 is 0 Å². The summed E-state index contributed by atoms with van der Waals surface area (Å²) in [4.78, 5) is 0. The van der Waals surface area contributed by atoms with E-state index in [0.29, 0.717) is 0 Å². The van der Waals surface area contributed by atoms with Crippen molar-refractivity contribution >= 4 is 27.5 Å². The third kappa shape index (κ3) is 1.68. The maximum Gasteiger partial charge on any atom is 0.137 e. The van der Waals surface area contributed by atoms with Crippen LogP contribution >= 0.6 is 27.5 Å². The number of methoxy groups -OCH3 is 1. The van der Waals surface area contributed by atoms with Crippen LogP contribution < -0.4 is 4.74 Å². The van der Waals surface area contributed by atoms with E-state index in [2.05, 4.69) is 15.9 Å². The molecule has 0 heterocycles. The molecule has 0 amide bonds. The van der Waals surface area contributed by atoms with Gasteiger partial charge in [-0.25, -0.2) is 0 Å². The molecule has 1 nitrogen and oxygen atoms in total. The van der Waals surface area contributed by atoms with Gasteiger partial charge in [-0.05, 0) is 35.0 Å². The highest BCUT2D eigenvalue weighted by molar-refractivity contribution is 9.10. The van der Waals surface area contributed by atoms with E-state index in [4.69, 9.17) is 16.3 Å². The molecular formula is C8H8BrClO. The predicted molar refractivity (Wildman–Crippen MR) is 50.4 cm³/mol. The van der Waals surface area contributed by atoms with Crippen LogP contribution in [0.25, 0.3) is 0 Å². The Labute approximate surface area is 79.4 Å². The molecule has 0 saturated heterocycles. The van der Waals surface area contributed by atoms with Crippen molar-refractivity contribution in [3.8, 4) is 5.75 Å². The first-order chi connectivity index (χ1) is 5.16. The molecule has 0 unspecified atom stereocenters. The second kappa shape index (κ2) is 3.46. The van der Waals surface area contributed by atoms with Gasteiger partial charge < -0.3 is 4.74 Å². The molecule has 0 atom stereocenters. The summed E-state index contributed by atoms with van der Waals surface area (Å²) in [7, 11) is 1.63. The first kappa shape index (κ1) is 8.88. The molecule has 0 aliphatic heterocycles. The Morgan fingerprint density at radius 1 is 1.45 bits per heavy atom. The SMILES string of the molecule is COc1c(Br)ccc(Cl)c1C. The minimum absolute atomic E-state index is 0.727. The van der Waals surface area contributed by atoms with Crippen LogP contribution in [0.5, 0.6) is 5.75 Å². The zero-order valence-electron chi connectivity index (χ0n) is 6.32. The van der Waals surface area contributed by atoms with Crippen LogP contribution in [-0.4, -0.2) is 7.11 Å². The third-order valence-electron chi connectivity index (χ3n) is 1.50. The minimum atomic E-state index is 0.727. The van der Waals surface area contributed by atoms with Gasteiger partial charge in [-0.15, -0.1) is 0 Å². The number of ether oxygens (including phenoxy) is 1. The molecule has 0 aliphatic carbocycles. The van der Waals surface area contributed by atoms with Crippen molar-refractivity contribution in [2.45, 2.75) is 6.92 Å². The number of benzene rings is 1. The van der Waals surface area contributed by atoms with E-state index in [1.165, 1.54) is 0 Å². The second-order valence-corrected chi connectivity index (χ2v) is 3.45. The van der Waals surface area contributed by atoms with Crippen molar-refractivity contribution < 1.29 is 4.74 Å². The summed E-state index contributed by atoms with van der Waals surface area (Å²) in [6.07, 6.45) is 0. The third-order valence-corrected chi connectivity index (χ3v) is 2.53. The lowest BCUT2D eigenvalue weighted by Gasteiger charge is -2.07. The van der Waals surface area contributed by atoms with Crippen molar-refractivity contribution in [3.05, 3.63) is 27.2 Å². The molecule has 11 heavy (non-hydrogen) atoms. The molecule has 0 radical (unpaired) electrons. The number of hydrogen-bond donors (Lipinski definition) is 0. The van der Waals surface area contributed by atoms with E-state index in [0.717, 1.165) is 20.8 Å². The van der Waals surface area contributed by atoms with Gasteiger partial charge in [-0.1, -0.05) is 11.6 Å². The lowest BCUT2D eigenvalue weighted by molar-refractivity contribution is 0.409. The summed E-state index contributed by atoms with van der Waals surface area (Å²) < 4.78 is 6.06. The summed E-state index contributed by atoms with van der Waals surface area (Å²) in [6, 6.07) is 3.71. The maximum atomic E-state index is 5.86. The monoisotopic (exact) mass is 234 g/mol. The topological polar surface area (TPSA) is 9.23 Å². The molecule has 60 valence electrons. The first-order valence-electron chi connectivity index (χ1n) is 3.15. The van der Waals surface area contributed by atoms with Crippen molar-refractivity contribution in [1.82, 2.24) is 0 Å². The molecule has 0 N–H and O–H groups in total. The molecular weight excluding hydrogens is 227 g/mol. The van der Waals surface area contributed by atoms with Crippen LogP contribution in [0.3, 0.4) is 0 Å². The zero-order valence-corrected chi connectivity index (χ0v) is 8.66. The second-order valence-electron chi connectivity index (χ2n) is 2.19. The average Bonchev–Trinajstić information content (AvgIpc) is 1.99. The zero-order chi connectivity index (χ0) is 8.43. The van der Waals surface area contributed by atoms with E-state index in [1.807, 2.05) is 19.1 Å². The Balaban J connectivity index is 3.29. The lowest BCUT2D eigenvalue weighted by atomic mass is 10.2. The van der Waals surface area contributed by atoms with Gasteiger partial charge in [-0.3, -0.25) is 0 Å². The van der Waals surface area contributed by atoms with Gasteiger partial charge in [-0.2, -0.15) is 0 Å². The molecule has 1 aromatic carbocycles. The van der Waals surface area contributed by atoms with E-state index < -0.39 is 0 Å². The molecule has 3 heteroatoms. The molecule has 0 aliphatic rings. The molecule has 0 spiro atoms. The number of halogens is 2. The summed E-state index contributed by atoms with van der Waals surface area (Å²) >= 11 is 9.22. The predicted octanol–water partition coefficient (Wildman–Crippen LogP) is 3.42. The van der Waals surface area contributed by atoms with Gasteiger partial charge in [0.25, 0.3) is 0 Å². The summed E-state index contributed by atoms with van der Waals surface area (Å²) in [6.45, 7) is 1.92. The average molecular weight is 236 g/mol. The molecule has 1 aromatic rings. The van der Waals surface area contributed by atoms with Crippen molar-refractivity contribution in [3.63, 3.8) is 0 Å². The van der Waals surface area contributed by atoms with Gasteiger partial charge in [0, 0.05) is 10.6 Å². The maximum absolute atomic E-state index is 5.86. The van der Waals surface area contributed by atoms with Crippen molar-refractivity contribution in [1.29, 1.82) is 0 Å². The highest BCUT2D eigenvalue weighted by Crippen LogP contribution is 2.32. The Hall–Kier alpha value is -0.210. The molecule has 0 fully saturated rings. The fourth-order valence-electron chi connectivity index (χ4n) is 0.885. The van der Waals surface area contributed by atoms with E-state index in [-0.39, 0.29) is 0 Å². The summed E-state index contributed by atoms with van der Waals surface area (Å²) in [5.74, 6) is 0.803. The lowest BCUT2D eigenvalue weighted by Crippen LogP contribution is -1.88. The van der Waals surface area contributed by atoms with Crippen LogP contribution in [0.1, 0.15) is 5.56 Å². The summed E-state index contributed by atoms with van der Waals surface area (Å²) in [5.41, 5.74) is 0.962. The minimum Gasteiger partial charge on any atom is -0.495 e. The molecule has 0 aromatic heterocycles. The standard InChI is InChI=1S/C8H8BrClO/c1-5-7(10)4-3-6(9)8(5)11-2/h3-4H,1-2H3. The molecule has 1 rings (SSSR count). The van der Waals surface area contributed by atoms with Gasteiger partial charge in [0.2, 0.25) is 0 Å². The van der Waals surface area contributed by atoms with E-state index >= 15 is 0 Å². The number of rotatable bonds is 1. The Morgan fingerprint density at radius 3 is 2.55 bits per heavy atom. The number of hydrogen-bond acceptors (Lipinski definition) is 1. The fraction of sp³-hybridized carbons (Fsp3) is 0.250. The largest absolute Gasteiger partial charge is 0.495 e. The Morgan fingerprint density at radius 2 is 2.09 bits per heavy atom. The molecule has 0 bridgehead atoms. The quantitative estimate of drug-likeness (QED) is 0.725. The van der Waals surface area contributed by atoms with E-state index in [1.54, 1.807) is 7.11 Å². The van der Waals surface area contributed by atoms with E-state index in [9.17, 15) is 0 Å². The normalized spacial score (nSPS) is 9.82. The van der Waals surface area contributed by atoms with Gasteiger partial charge in [0.05, 0.1) is 11.6 Å². The van der Waals surface area contributed by atoms with Crippen LogP contribution in [0.2, 0.25) is 5.02 Å². The summed E-state index contributed by atoms with van der Waals surface area (Å²) in [5, 5.41) is 0.727. The first-order valence-corrected chi connectivity index (χ1v) is 4.32. The van der Waals surface area contributed by atoms with Crippen LogP contribution in [-0.2, 0) is 0 Å². The molecule has 0 saturated carbocycles. The van der Waals surface area contributed by atoms with Crippen LogP contribution in [0.4, 0.5) is 0 Å². The van der Waals surface area contributed by atoms with Crippen LogP contribution in [0, 0.1) is 6.92 Å². The van der Waals surface area contributed by atoms with Crippen molar-refractivity contribution in [2.24, 2.45) is 0 Å². The fourth-order valence-corrected chi connectivity index (χ4v) is 1.63. The van der Waals surface area contributed by atoms with Gasteiger partial charge in [0.1, 0.15) is 5.75 Å². The smallest absolute Gasteiger partial charge is 0.137 e.